The van der Waals surface area contributed by atoms with Crippen LogP contribution >= 0.6 is 0 Å². The Labute approximate surface area is 214 Å². The smallest absolute Gasteiger partial charge is 0.309 e. The van der Waals surface area contributed by atoms with Gasteiger partial charge in [-0.05, 0) is 76.5 Å². The summed E-state index contributed by atoms with van der Waals surface area (Å²) in [5.74, 6) is -4.16. The van der Waals surface area contributed by atoms with Crippen LogP contribution in [0.25, 0.3) is 0 Å². The maximum Gasteiger partial charge on any atom is 0.309 e. The van der Waals surface area contributed by atoms with Crippen molar-refractivity contribution in [3.63, 3.8) is 0 Å². The molecule has 0 spiro atoms. The fourth-order valence-corrected chi connectivity index (χ4v) is 8.48. The molecule has 0 aromatic carbocycles. The third kappa shape index (κ3) is 3.11. The summed E-state index contributed by atoms with van der Waals surface area (Å²) in [7, 11) is 0. The van der Waals surface area contributed by atoms with E-state index in [-0.39, 0.29) is 30.8 Å². The normalized spacial score (nSPS) is 49.4. The SMILES string of the molecule is CC1(C)O[C@@H]2C[C@@H]3[C@@H]4C[C@H](F)C5=CC(=O)C=C[C@]5(C)[C@@]4(F)[C@@H](O)C[C@@]3(C)[C@]2(C(=O)COC(=O)C2CC2)O1. The minimum absolute atomic E-state index is 0.0472. The van der Waals surface area contributed by atoms with Crippen LogP contribution in [0.15, 0.2) is 23.8 Å². The molecule has 37 heavy (non-hydrogen) atoms. The molecule has 5 fully saturated rings. The number of alkyl halides is 2. The fraction of sp³-hybridized carbons (Fsp3) is 0.750. The highest BCUT2D eigenvalue weighted by molar-refractivity contribution is 6.01. The monoisotopic (exact) mass is 520 g/mol. The summed E-state index contributed by atoms with van der Waals surface area (Å²) in [6, 6.07) is 0. The number of Topliss-reactive ketones (excluding diaryl/α,β-unsaturated/α-hetero) is 1. The van der Waals surface area contributed by atoms with E-state index in [4.69, 9.17) is 14.2 Å². The predicted octanol–water partition coefficient (Wildman–Crippen LogP) is 3.33. The number of hydrogen-bond acceptors (Lipinski definition) is 7. The largest absolute Gasteiger partial charge is 0.457 e. The molecule has 0 bridgehead atoms. The van der Waals surface area contributed by atoms with E-state index in [0.717, 1.165) is 18.9 Å². The number of ether oxygens (including phenoxy) is 3. The van der Waals surface area contributed by atoms with Gasteiger partial charge in [-0.15, -0.1) is 0 Å². The van der Waals surface area contributed by atoms with E-state index in [9.17, 15) is 19.5 Å². The summed E-state index contributed by atoms with van der Waals surface area (Å²) in [4.78, 5) is 38.1. The quantitative estimate of drug-likeness (QED) is 0.568. The Balaban J connectivity index is 1.41. The van der Waals surface area contributed by atoms with Gasteiger partial charge in [0.25, 0.3) is 0 Å². The highest BCUT2D eigenvalue weighted by Crippen LogP contribution is 2.72. The Hall–Kier alpha value is -1.97. The topological polar surface area (TPSA) is 99.1 Å². The van der Waals surface area contributed by atoms with Crippen LogP contribution in [0.1, 0.15) is 59.8 Å². The highest BCUT2D eigenvalue weighted by Gasteiger charge is 2.80. The Morgan fingerprint density at radius 2 is 1.86 bits per heavy atom. The summed E-state index contributed by atoms with van der Waals surface area (Å²) in [6.07, 6.45) is 1.20. The molecule has 1 N–H and O–H groups in total. The van der Waals surface area contributed by atoms with Gasteiger partial charge in [0, 0.05) is 16.7 Å². The van der Waals surface area contributed by atoms with E-state index < -0.39 is 82.2 Å². The summed E-state index contributed by atoms with van der Waals surface area (Å²) >= 11 is 0. The molecule has 0 radical (unpaired) electrons. The Kier molecular flexibility index (Phi) is 5.18. The lowest BCUT2D eigenvalue weighted by molar-refractivity contribution is -0.249. The number of ketones is 2. The van der Waals surface area contributed by atoms with E-state index in [1.807, 2.05) is 0 Å². The second-order valence-electron chi connectivity index (χ2n) is 12.7. The van der Waals surface area contributed by atoms with Crippen molar-refractivity contribution in [3.8, 4) is 0 Å². The van der Waals surface area contributed by atoms with Crippen molar-refractivity contribution >= 4 is 17.5 Å². The number of rotatable bonds is 4. The number of fused-ring (bicyclic) bond motifs is 7. The number of aliphatic hydroxyl groups is 1. The van der Waals surface area contributed by atoms with Gasteiger partial charge in [0.2, 0.25) is 5.78 Å². The van der Waals surface area contributed by atoms with Crippen LogP contribution in [0.3, 0.4) is 0 Å². The molecule has 4 saturated carbocycles. The molecule has 7 nitrogen and oxygen atoms in total. The van der Waals surface area contributed by atoms with Gasteiger partial charge in [-0.3, -0.25) is 14.4 Å². The van der Waals surface area contributed by atoms with Crippen molar-refractivity contribution < 1.29 is 42.5 Å². The fourth-order valence-electron chi connectivity index (χ4n) is 8.48. The molecular formula is C28H34F2O7. The number of carbonyl (C=O) groups is 3. The second kappa shape index (κ2) is 7.57. The molecule has 9 heteroatoms. The number of esters is 1. The highest BCUT2D eigenvalue weighted by atomic mass is 19.1. The number of allylic oxidation sites excluding steroid dienone is 4. The van der Waals surface area contributed by atoms with Crippen molar-refractivity contribution in [1.29, 1.82) is 0 Å². The maximum atomic E-state index is 17.4. The first-order valence-corrected chi connectivity index (χ1v) is 13.2. The van der Waals surface area contributed by atoms with Gasteiger partial charge < -0.3 is 19.3 Å². The second-order valence-corrected chi connectivity index (χ2v) is 12.7. The molecule has 202 valence electrons. The minimum Gasteiger partial charge on any atom is -0.457 e. The Morgan fingerprint density at radius 1 is 1.16 bits per heavy atom. The van der Waals surface area contributed by atoms with Crippen molar-refractivity contribution in [3.05, 3.63) is 23.8 Å². The number of halogens is 2. The van der Waals surface area contributed by atoms with Gasteiger partial charge in [0.15, 0.2) is 29.4 Å². The number of carbonyl (C=O) groups excluding carboxylic acids is 3. The van der Waals surface area contributed by atoms with E-state index in [2.05, 4.69) is 0 Å². The average Bonchev–Trinajstić information content (AvgIpc) is 3.59. The zero-order valence-corrected chi connectivity index (χ0v) is 21.6. The predicted molar refractivity (Wildman–Crippen MR) is 125 cm³/mol. The summed E-state index contributed by atoms with van der Waals surface area (Å²) in [5, 5.41) is 11.5. The Morgan fingerprint density at radius 3 is 2.54 bits per heavy atom. The molecule has 5 aliphatic carbocycles. The maximum absolute atomic E-state index is 17.4. The molecule has 9 atom stereocenters. The van der Waals surface area contributed by atoms with Crippen LogP contribution in [0.4, 0.5) is 8.78 Å². The lowest BCUT2D eigenvalue weighted by Crippen LogP contribution is -2.71. The van der Waals surface area contributed by atoms with Crippen molar-refractivity contribution in [2.75, 3.05) is 6.61 Å². The van der Waals surface area contributed by atoms with Gasteiger partial charge in [0.1, 0.15) is 6.17 Å². The van der Waals surface area contributed by atoms with Gasteiger partial charge >= 0.3 is 5.97 Å². The first-order chi connectivity index (χ1) is 17.2. The minimum atomic E-state index is -2.26. The summed E-state index contributed by atoms with van der Waals surface area (Å²) in [5.41, 5.74) is -6.43. The van der Waals surface area contributed by atoms with Crippen LogP contribution in [-0.4, -0.2) is 64.7 Å². The van der Waals surface area contributed by atoms with Gasteiger partial charge in [-0.25, -0.2) is 8.78 Å². The van der Waals surface area contributed by atoms with Crippen LogP contribution < -0.4 is 0 Å². The van der Waals surface area contributed by atoms with Crippen molar-refractivity contribution in [2.24, 2.45) is 28.6 Å². The molecule has 1 saturated heterocycles. The molecule has 0 amide bonds. The van der Waals surface area contributed by atoms with Gasteiger partial charge in [-0.1, -0.05) is 13.0 Å². The van der Waals surface area contributed by atoms with Crippen LogP contribution in [0.2, 0.25) is 0 Å². The zero-order chi connectivity index (χ0) is 26.8. The first-order valence-electron chi connectivity index (χ1n) is 13.2. The van der Waals surface area contributed by atoms with Crippen LogP contribution in [-0.2, 0) is 28.6 Å². The molecule has 0 aromatic heterocycles. The standard InChI is InChI=1S/C28H34F2O7/c1-24(2)36-22-11-16-17-10-19(29)18-9-15(31)7-8-25(18,3)27(17,30)20(32)12-26(16,4)28(22,37-24)21(33)13-35-23(34)14-5-6-14/h7-9,14,16-17,19-20,22,32H,5-6,10-13H2,1-4H3/t16-,17+,19+,20+,22-,25+,26-,27+,28-/m1/s1. The molecular weight excluding hydrogens is 486 g/mol. The molecule has 1 heterocycles. The lowest BCUT2D eigenvalue weighted by atomic mass is 9.44. The lowest BCUT2D eigenvalue weighted by Gasteiger charge is -2.63. The zero-order valence-electron chi connectivity index (χ0n) is 21.6. The van der Waals surface area contributed by atoms with Crippen LogP contribution in [0, 0.1) is 28.6 Å². The molecule has 0 unspecified atom stereocenters. The van der Waals surface area contributed by atoms with E-state index >= 15 is 8.78 Å². The molecule has 6 rings (SSSR count). The third-order valence-corrected chi connectivity index (χ3v) is 10.3. The summed E-state index contributed by atoms with van der Waals surface area (Å²) < 4.78 is 50.9. The Bertz CT molecular complexity index is 1140. The average molecular weight is 521 g/mol. The van der Waals surface area contributed by atoms with Crippen LogP contribution in [0.5, 0.6) is 0 Å². The first kappa shape index (κ1) is 25.3. The molecule has 0 aromatic rings. The summed E-state index contributed by atoms with van der Waals surface area (Å²) in [6.45, 7) is 6.20. The van der Waals surface area contributed by atoms with Crippen molar-refractivity contribution in [1.82, 2.24) is 0 Å². The molecule has 1 aliphatic heterocycles. The third-order valence-electron chi connectivity index (χ3n) is 10.3. The number of aliphatic hydroxyl groups excluding tert-OH is 1. The number of hydrogen-bond donors (Lipinski definition) is 1. The van der Waals surface area contributed by atoms with E-state index in [0.29, 0.717) is 0 Å². The van der Waals surface area contributed by atoms with E-state index in [1.165, 1.54) is 19.1 Å². The van der Waals surface area contributed by atoms with E-state index in [1.54, 1.807) is 20.8 Å². The van der Waals surface area contributed by atoms with Gasteiger partial charge in [0.05, 0.1) is 18.1 Å². The van der Waals surface area contributed by atoms with Crippen molar-refractivity contribution in [2.45, 2.75) is 95.2 Å². The van der Waals surface area contributed by atoms with Gasteiger partial charge in [-0.2, -0.15) is 0 Å². The molecule has 6 aliphatic rings.